The Morgan fingerprint density at radius 1 is 0.889 bits per heavy atom. The van der Waals surface area contributed by atoms with Crippen LogP contribution < -0.4 is 4.74 Å². The summed E-state index contributed by atoms with van der Waals surface area (Å²) in [5, 5.41) is 0. The molecular formula is C21H23BrN2O3. The molecule has 6 heteroatoms. The lowest BCUT2D eigenvalue weighted by Crippen LogP contribution is -2.37. The first kappa shape index (κ1) is 19.4. The highest BCUT2D eigenvalue weighted by Gasteiger charge is 2.22. The van der Waals surface area contributed by atoms with Crippen LogP contribution in [0.5, 0.6) is 5.75 Å². The molecule has 0 unspecified atom stereocenters. The van der Waals surface area contributed by atoms with Crippen molar-refractivity contribution in [1.82, 2.24) is 9.80 Å². The van der Waals surface area contributed by atoms with Crippen LogP contribution in [0.2, 0.25) is 0 Å². The van der Waals surface area contributed by atoms with Gasteiger partial charge >= 0.3 is 0 Å². The molecule has 1 aliphatic rings. The molecule has 0 bridgehead atoms. The monoisotopic (exact) mass is 430 g/mol. The van der Waals surface area contributed by atoms with E-state index in [0.29, 0.717) is 44.8 Å². The summed E-state index contributed by atoms with van der Waals surface area (Å²) >= 11 is 3.38. The molecule has 2 aromatic carbocycles. The zero-order valence-corrected chi connectivity index (χ0v) is 16.7. The molecule has 1 fully saturated rings. The van der Waals surface area contributed by atoms with E-state index in [2.05, 4.69) is 15.9 Å². The number of amides is 2. The Bertz CT molecular complexity index is 765. The fraction of sp³-hybridized carbons (Fsp3) is 0.333. The number of para-hydroxylation sites is 1. The lowest BCUT2D eigenvalue weighted by atomic mass is 10.2. The Hall–Kier alpha value is -2.34. The van der Waals surface area contributed by atoms with Crippen molar-refractivity contribution in [1.29, 1.82) is 0 Å². The van der Waals surface area contributed by atoms with Crippen LogP contribution in [0.1, 0.15) is 23.2 Å². The first-order chi connectivity index (χ1) is 13.1. The van der Waals surface area contributed by atoms with Gasteiger partial charge in [0.1, 0.15) is 5.75 Å². The van der Waals surface area contributed by atoms with Crippen molar-refractivity contribution in [3.05, 3.63) is 64.6 Å². The summed E-state index contributed by atoms with van der Waals surface area (Å²) in [5.74, 6) is 0.862. The van der Waals surface area contributed by atoms with Crippen LogP contribution in [-0.2, 0) is 4.79 Å². The van der Waals surface area contributed by atoms with Crippen LogP contribution in [0.4, 0.5) is 0 Å². The second kappa shape index (κ2) is 9.55. The molecule has 1 aliphatic heterocycles. The van der Waals surface area contributed by atoms with E-state index in [4.69, 9.17) is 4.74 Å². The molecule has 0 N–H and O–H groups in total. The van der Waals surface area contributed by atoms with E-state index in [-0.39, 0.29) is 11.8 Å². The fourth-order valence-electron chi connectivity index (χ4n) is 3.08. The van der Waals surface area contributed by atoms with Gasteiger partial charge in [0.05, 0.1) is 13.0 Å². The minimum absolute atomic E-state index is 0.0178. The molecule has 5 nitrogen and oxygen atoms in total. The molecule has 2 amide bonds. The minimum Gasteiger partial charge on any atom is -0.493 e. The molecule has 0 radical (unpaired) electrons. The SMILES string of the molecule is O=C(CCOc1ccccc1)N1CCCN(C(=O)c2ccc(Br)cc2)CC1. The summed E-state index contributed by atoms with van der Waals surface area (Å²) < 4.78 is 6.56. The number of halogens is 1. The molecule has 27 heavy (non-hydrogen) atoms. The number of benzene rings is 2. The highest BCUT2D eigenvalue weighted by molar-refractivity contribution is 9.10. The number of carbonyl (C=O) groups excluding carboxylic acids is 2. The standard InChI is InChI=1S/C21H23BrN2O3/c22-18-9-7-17(8-10-18)21(26)24-13-4-12-23(14-15-24)20(25)11-16-27-19-5-2-1-3-6-19/h1-3,5-10H,4,11-16H2. The second-order valence-corrected chi connectivity index (χ2v) is 7.36. The van der Waals surface area contributed by atoms with Gasteiger partial charge in [-0.25, -0.2) is 0 Å². The Morgan fingerprint density at radius 3 is 2.30 bits per heavy atom. The highest BCUT2D eigenvalue weighted by atomic mass is 79.9. The van der Waals surface area contributed by atoms with Crippen molar-refractivity contribution in [2.45, 2.75) is 12.8 Å². The summed E-state index contributed by atoms with van der Waals surface area (Å²) in [4.78, 5) is 28.8. The topological polar surface area (TPSA) is 49.9 Å². The van der Waals surface area contributed by atoms with Crippen LogP contribution >= 0.6 is 15.9 Å². The highest BCUT2D eigenvalue weighted by Crippen LogP contribution is 2.14. The van der Waals surface area contributed by atoms with Crippen LogP contribution in [-0.4, -0.2) is 54.4 Å². The van der Waals surface area contributed by atoms with E-state index in [0.717, 1.165) is 16.6 Å². The van der Waals surface area contributed by atoms with Crippen molar-refractivity contribution in [2.24, 2.45) is 0 Å². The molecule has 3 rings (SSSR count). The summed E-state index contributed by atoms with van der Waals surface area (Å²) in [7, 11) is 0. The number of hydrogen-bond acceptors (Lipinski definition) is 3. The van der Waals surface area contributed by atoms with E-state index in [1.807, 2.05) is 64.4 Å². The van der Waals surface area contributed by atoms with Crippen molar-refractivity contribution < 1.29 is 14.3 Å². The number of hydrogen-bond donors (Lipinski definition) is 0. The van der Waals surface area contributed by atoms with Crippen molar-refractivity contribution in [3.8, 4) is 5.75 Å². The summed E-state index contributed by atoms with van der Waals surface area (Å²) in [5.41, 5.74) is 0.675. The molecule has 2 aromatic rings. The van der Waals surface area contributed by atoms with E-state index < -0.39 is 0 Å². The fourth-order valence-corrected chi connectivity index (χ4v) is 3.34. The van der Waals surface area contributed by atoms with Crippen LogP contribution in [0.15, 0.2) is 59.1 Å². The largest absolute Gasteiger partial charge is 0.493 e. The Labute approximate surface area is 168 Å². The average Bonchev–Trinajstić information content (AvgIpc) is 2.95. The second-order valence-electron chi connectivity index (χ2n) is 6.44. The number of ether oxygens (including phenoxy) is 1. The first-order valence-corrected chi connectivity index (χ1v) is 9.93. The first-order valence-electron chi connectivity index (χ1n) is 9.14. The third-order valence-corrected chi connectivity index (χ3v) is 5.08. The van der Waals surface area contributed by atoms with Gasteiger partial charge in [-0.15, -0.1) is 0 Å². The third kappa shape index (κ3) is 5.57. The zero-order chi connectivity index (χ0) is 19.1. The maximum absolute atomic E-state index is 12.7. The van der Waals surface area contributed by atoms with Gasteiger partial charge in [0.25, 0.3) is 5.91 Å². The molecule has 1 saturated heterocycles. The molecule has 142 valence electrons. The summed E-state index contributed by atoms with van der Waals surface area (Å²) in [6.45, 7) is 2.82. The van der Waals surface area contributed by atoms with Gasteiger partial charge in [-0.2, -0.15) is 0 Å². The quantitative estimate of drug-likeness (QED) is 0.727. The average molecular weight is 431 g/mol. The molecule has 0 aliphatic carbocycles. The zero-order valence-electron chi connectivity index (χ0n) is 15.1. The molecule has 0 aromatic heterocycles. The van der Waals surface area contributed by atoms with Crippen LogP contribution in [0.25, 0.3) is 0 Å². The van der Waals surface area contributed by atoms with Gasteiger partial charge in [-0.05, 0) is 42.8 Å². The number of carbonyl (C=O) groups is 2. The van der Waals surface area contributed by atoms with E-state index in [1.165, 1.54) is 0 Å². The Kier molecular flexibility index (Phi) is 6.87. The van der Waals surface area contributed by atoms with E-state index in [9.17, 15) is 9.59 Å². The van der Waals surface area contributed by atoms with Crippen molar-refractivity contribution in [3.63, 3.8) is 0 Å². The van der Waals surface area contributed by atoms with Gasteiger partial charge in [-0.3, -0.25) is 9.59 Å². The predicted octanol–water partition coefficient (Wildman–Crippen LogP) is 3.59. The van der Waals surface area contributed by atoms with Crippen molar-refractivity contribution in [2.75, 3.05) is 32.8 Å². The summed E-state index contributed by atoms with van der Waals surface area (Å²) in [6.07, 6.45) is 1.13. The van der Waals surface area contributed by atoms with Gasteiger partial charge in [-0.1, -0.05) is 34.1 Å². The number of rotatable bonds is 5. The molecule has 0 spiro atoms. The van der Waals surface area contributed by atoms with Gasteiger partial charge in [0, 0.05) is 36.2 Å². The van der Waals surface area contributed by atoms with Gasteiger partial charge in [0.15, 0.2) is 0 Å². The molecular weight excluding hydrogens is 408 g/mol. The smallest absolute Gasteiger partial charge is 0.253 e. The minimum atomic E-state index is 0.0178. The maximum Gasteiger partial charge on any atom is 0.253 e. The molecule has 0 atom stereocenters. The van der Waals surface area contributed by atoms with Gasteiger partial charge in [0.2, 0.25) is 5.91 Å². The van der Waals surface area contributed by atoms with Crippen LogP contribution in [0, 0.1) is 0 Å². The van der Waals surface area contributed by atoms with E-state index >= 15 is 0 Å². The third-order valence-electron chi connectivity index (χ3n) is 4.55. The van der Waals surface area contributed by atoms with Crippen molar-refractivity contribution >= 4 is 27.7 Å². The maximum atomic E-state index is 12.7. The molecule has 1 heterocycles. The normalized spacial score (nSPS) is 14.6. The van der Waals surface area contributed by atoms with Crippen LogP contribution in [0.3, 0.4) is 0 Å². The predicted molar refractivity (Wildman–Crippen MR) is 108 cm³/mol. The summed E-state index contributed by atoms with van der Waals surface area (Å²) in [6, 6.07) is 16.9. The Balaban J connectivity index is 1.48. The van der Waals surface area contributed by atoms with Gasteiger partial charge < -0.3 is 14.5 Å². The molecule has 0 saturated carbocycles. The Morgan fingerprint density at radius 2 is 1.56 bits per heavy atom. The lowest BCUT2D eigenvalue weighted by Gasteiger charge is -2.22. The lowest BCUT2D eigenvalue weighted by molar-refractivity contribution is -0.131. The number of nitrogens with zero attached hydrogens (tertiary/aromatic N) is 2. The van der Waals surface area contributed by atoms with E-state index in [1.54, 1.807) is 0 Å².